The number of aryl methyl sites for hydroxylation is 1. The lowest BCUT2D eigenvalue weighted by atomic mass is 10.1. The van der Waals surface area contributed by atoms with Gasteiger partial charge in [0.15, 0.2) is 0 Å². The molecule has 0 amide bonds. The lowest BCUT2D eigenvalue weighted by Gasteiger charge is -2.15. The second-order valence-electron chi connectivity index (χ2n) is 4.52. The molecule has 4 heteroatoms. The Morgan fingerprint density at radius 1 is 1.42 bits per heavy atom. The van der Waals surface area contributed by atoms with Gasteiger partial charge < -0.3 is 10.1 Å². The Labute approximate surface area is 118 Å². The van der Waals surface area contributed by atoms with Crippen LogP contribution in [0.2, 0.25) is 0 Å². The SMILES string of the molecule is CCNC(C)c1ccc(OCc2nccs2)c(C)c1. The monoisotopic (exact) mass is 276 g/mol. The summed E-state index contributed by atoms with van der Waals surface area (Å²) in [6, 6.07) is 6.73. The number of hydrogen-bond donors (Lipinski definition) is 1. The van der Waals surface area contributed by atoms with E-state index in [9.17, 15) is 0 Å². The number of benzene rings is 1. The molecule has 102 valence electrons. The summed E-state index contributed by atoms with van der Waals surface area (Å²) in [5, 5.41) is 6.38. The average Bonchev–Trinajstić information content (AvgIpc) is 2.90. The van der Waals surface area contributed by atoms with Crippen molar-refractivity contribution in [1.29, 1.82) is 0 Å². The number of thiazole rings is 1. The summed E-state index contributed by atoms with van der Waals surface area (Å²) in [5.74, 6) is 0.933. The molecule has 0 fully saturated rings. The van der Waals surface area contributed by atoms with Crippen LogP contribution in [0.15, 0.2) is 29.8 Å². The summed E-state index contributed by atoms with van der Waals surface area (Å²) in [7, 11) is 0. The predicted octanol–water partition coefficient (Wildman–Crippen LogP) is 3.70. The van der Waals surface area contributed by atoms with E-state index < -0.39 is 0 Å². The molecule has 0 bridgehead atoms. The summed E-state index contributed by atoms with van der Waals surface area (Å²) in [4.78, 5) is 4.21. The van der Waals surface area contributed by atoms with Gasteiger partial charge in [-0.15, -0.1) is 11.3 Å². The van der Waals surface area contributed by atoms with Crippen LogP contribution in [0.4, 0.5) is 0 Å². The second-order valence-corrected chi connectivity index (χ2v) is 5.50. The van der Waals surface area contributed by atoms with Gasteiger partial charge in [0, 0.05) is 17.6 Å². The van der Waals surface area contributed by atoms with E-state index in [1.807, 2.05) is 11.4 Å². The molecule has 1 aromatic heterocycles. The zero-order valence-corrected chi connectivity index (χ0v) is 12.5. The molecule has 0 radical (unpaired) electrons. The molecule has 3 nitrogen and oxygen atoms in total. The molecule has 0 spiro atoms. The molecule has 0 aliphatic carbocycles. The fraction of sp³-hybridized carbons (Fsp3) is 0.400. The Balaban J connectivity index is 2.02. The van der Waals surface area contributed by atoms with Crippen LogP contribution in [-0.2, 0) is 6.61 Å². The van der Waals surface area contributed by atoms with Gasteiger partial charge in [-0.25, -0.2) is 4.98 Å². The molecule has 1 atom stereocenters. The number of ether oxygens (including phenoxy) is 1. The van der Waals surface area contributed by atoms with E-state index in [2.05, 4.69) is 43.2 Å². The van der Waals surface area contributed by atoms with Crippen LogP contribution in [0.1, 0.15) is 36.0 Å². The minimum atomic E-state index is 0.372. The molecule has 2 rings (SSSR count). The Bertz CT molecular complexity index is 511. The minimum absolute atomic E-state index is 0.372. The van der Waals surface area contributed by atoms with Gasteiger partial charge in [-0.1, -0.05) is 19.1 Å². The quantitative estimate of drug-likeness (QED) is 0.873. The van der Waals surface area contributed by atoms with Gasteiger partial charge in [-0.2, -0.15) is 0 Å². The van der Waals surface area contributed by atoms with Crippen LogP contribution in [0.3, 0.4) is 0 Å². The molecular formula is C15H20N2OS. The third-order valence-electron chi connectivity index (χ3n) is 3.04. The number of nitrogens with one attached hydrogen (secondary N) is 1. The van der Waals surface area contributed by atoms with Crippen molar-refractivity contribution in [3.05, 3.63) is 45.9 Å². The van der Waals surface area contributed by atoms with Crippen LogP contribution in [0, 0.1) is 6.92 Å². The smallest absolute Gasteiger partial charge is 0.140 e. The number of hydrogen-bond acceptors (Lipinski definition) is 4. The van der Waals surface area contributed by atoms with Crippen molar-refractivity contribution in [2.75, 3.05) is 6.54 Å². The average molecular weight is 276 g/mol. The van der Waals surface area contributed by atoms with Gasteiger partial charge in [-0.05, 0) is 37.6 Å². The largest absolute Gasteiger partial charge is 0.486 e. The van der Waals surface area contributed by atoms with Gasteiger partial charge in [0.05, 0.1) is 0 Å². The van der Waals surface area contributed by atoms with Crippen LogP contribution in [0.25, 0.3) is 0 Å². The fourth-order valence-corrected chi connectivity index (χ4v) is 2.52. The molecule has 1 unspecified atom stereocenters. The standard InChI is InChI=1S/C15H20N2OS/c1-4-16-12(3)13-5-6-14(11(2)9-13)18-10-15-17-7-8-19-15/h5-9,12,16H,4,10H2,1-3H3. The molecule has 0 saturated heterocycles. The van der Waals surface area contributed by atoms with Crippen LogP contribution in [0.5, 0.6) is 5.75 Å². The molecule has 19 heavy (non-hydrogen) atoms. The van der Waals surface area contributed by atoms with E-state index in [1.165, 1.54) is 11.1 Å². The summed E-state index contributed by atoms with van der Waals surface area (Å²) in [6.07, 6.45) is 1.80. The van der Waals surface area contributed by atoms with E-state index in [1.54, 1.807) is 17.5 Å². The molecular weight excluding hydrogens is 256 g/mol. The van der Waals surface area contributed by atoms with Crippen molar-refractivity contribution in [3.8, 4) is 5.75 Å². The predicted molar refractivity (Wildman–Crippen MR) is 79.7 cm³/mol. The third-order valence-corrected chi connectivity index (χ3v) is 3.80. The molecule has 1 N–H and O–H groups in total. The van der Waals surface area contributed by atoms with Crippen molar-refractivity contribution in [1.82, 2.24) is 10.3 Å². The maximum absolute atomic E-state index is 5.80. The number of aromatic nitrogens is 1. The highest BCUT2D eigenvalue weighted by atomic mass is 32.1. The van der Waals surface area contributed by atoms with Crippen LogP contribution >= 0.6 is 11.3 Å². The van der Waals surface area contributed by atoms with Crippen molar-refractivity contribution < 1.29 is 4.74 Å². The minimum Gasteiger partial charge on any atom is -0.486 e. The van der Waals surface area contributed by atoms with Crippen molar-refractivity contribution in [3.63, 3.8) is 0 Å². The van der Waals surface area contributed by atoms with E-state index in [0.717, 1.165) is 17.3 Å². The van der Waals surface area contributed by atoms with Gasteiger partial charge in [0.25, 0.3) is 0 Å². The second kappa shape index (κ2) is 6.68. The highest BCUT2D eigenvalue weighted by Gasteiger charge is 2.07. The first kappa shape index (κ1) is 14.0. The maximum Gasteiger partial charge on any atom is 0.140 e. The summed E-state index contributed by atoms with van der Waals surface area (Å²) in [6.45, 7) is 7.89. The first-order valence-corrected chi connectivity index (χ1v) is 7.43. The molecule has 0 saturated carbocycles. The van der Waals surface area contributed by atoms with E-state index in [4.69, 9.17) is 4.74 Å². The number of rotatable bonds is 6. The molecule has 0 aliphatic heterocycles. The van der Waals surface area contributed by atoms with E-state index in [0.29, 0.717) is 12.6 Å². The highest BCUT2D eigenvalue weighted by Crippen LogP contribution is 2.23. The molecule has 2 aromatic rings. The Kier molecular flexibility index (Phi) is 4.93. The third kappa shape index (κ3) is 3.78. The molecule has 1 aromatic carbocycles. The summed E-state index contributed by atoms with van der Waals surface area (Å²) < 4.78 is 5.80. The number of nitrogens with zero attached hydrogens (tertiary/aromatic N) is 1. The van der Waals surface area contributed by atoms with Crippen molar-refractivity contribution in [2.45, 2.75) is 33.4 Å². The van der Waals surface area contributed by atoms with E-state index in [-0.39, 0.29) is 0 Å². The first-order valence-electron chi connectivity index (χ1n) is 6.55. The normalized spacial score (nSPS) is 12.4. The zero-order chi connectivity index (χ0) is 13.7. The maximum atomic E-state index is 5.80. The molecule has 1 heterocycles. The van der Waals surface area contributed by atoms with E-state index >= 15 is 0 Å². The Morgan fingerprint density at radius 3 is 2.89 bits per heavy atom. The van der Waals surface area contributed by atoms with Crippen molar-refractivity contribution in [2.24, 2.45) is 0 Å². The fourth-order valence-electron chi connectivity index (χ4n) is 1.99. The summed E-state index contributed by atoms with van der Waals surface area (Å²) in [5.41, 5.74) is 2.46. The Morgan fingerprint density at radius 2 is 2.26 bits per heavy atom. The lowest BCUT2D eigenvalue weighted by molar-refractivity contribution is 0.303. The molecule has 0 aliphatic rings. The van der Waals surface area contributed by atoms with Crippen LogP contribution in [-0.4, -0.2) is 11.5 Å². The highest BCUT2D eigenvalue weighted by molar-refractivity contribution is 7.09. The van der Waals surface area contributed by atoms with Gasteiger partial charge >= 0.3 is 0 Å². The Hall–Kier alpha value is -1.39. The topological polar surface area (TPSA) is 34.1 Å². The van der Waals surface area contributed by atoms with Crippen LogP contribution < -0.4 is 10.1 Å². The zero-order valence-electron chi connectivity index (χ0n) is 11.6. The van der Waals surface area contributed by atoms with Crippen molar-refractivity contribution >= 4 is 11.3 Å². The summed E-state index contributed by atoms with van der Waals surface area (Å²) >= 11 is 1.62. The lowest BCUT2D eigenvalue weighted by Crippen LogP contribution is -2.17. The first-order chi connectivity index (χ1) is 9.20. The van der Waals surface area contributed by atoms with Gasteiger partial charge in [0.2, 0.25) is 0 Å². The van der Waals surface area contributed by atoms with Gasteiger partial charge in [-0.3, -0.25) is 0 Å². The van der Waals surface area contributed by atoms with Gasteiger partial charge in [0.1, 0.15) is 17.4 Å².